The number of benzene rings is 1. The molecule has 0 saturated heterocycles. The highest BCUT2D eigenvalue weighted by atomic mass is 19.4. The maximum absolute atomic E-state index is 11.9. The first kappa shape index (κ1) is 14.5. The second-order valence-electron chi connectivity index (χ2n) is 3.96. The SMILES string of the molecule is NC(=O)c1ccc(CNCCCC(F)(F)F)cc1. The van der Waals surface area contributed by atoms with E-state index in [-0.39, 0.29) is 6.42 Å². The molecule has 0 aromatic heterocycles. The van der Waals surface area contributed by atoms with Gasteiger partial charge in [0.05, 0.1) is 0 Å². The predicted octanol–water partition coefficient (Wildman–Crippen LogP) is 2.22. The molecule has 0 atom stereocenters. The quantitative estimate of drug-likeness (QED) is 0.770. The van der Waals surface area contributed by atoms with Gasteiger partial charge in [-0.1, -0.05) is 12.1 Å². The maximum Gasteiger partial charge on any atom is 0.389 e. The number of nitrogens with two attached hydrogens (primary N) is 1. The van der Waals surface area contributed by atoms with Crippen molar-refractivity contribution in [3.63, 3.8) is 0 Å². The monoisotopic (exact) mass is 260 g/mol. The van der Waals surface area contributed by atoms with E-state index in [1.807, 2.05) is 0 Å². The topological polar surface area (TPSA) is 55.1 Å². The van der Waals surface area contributed by atoms with Crippen LogP contribution >= 0.6 is 0 Å². The van der Waals surface area contributed by atoms with Crippen LogP contribution in [0.25, 0.3) is 0 Å². The number of hydrogen-bond donors (Lipinski definition) is 2. The largest absolute Gasteiger partial charge is 0.389 e. The number of carbonyl (C=O) groups excluding carboxylic acids is 1. The lowest BCUT2D eigenvalue weighted by atomic mass is 10.1. The highest BCUT2D eigenvalue weighted by Gasteiger charge is 2.25. The van der Waals surface area contributed by atoms with Gasteiger partial charge in [-0.3, -0.25) is 4.79 Å². The fourth-order valence-electron chi connectivity index (χ4n) is 1.43. The third-order valence-electron chi connectivity index (χ3n) is 2.38. The molecule has 1 rings (SSSR count). The van der Waals surface area contributed by atoms with Crippen molar-refractivity contribution in [1.29, 1.82) is 0 Å². The molecule has 1 aromatic rings. The summed E-state index contributed by atoms with van der Waals surface area (Å²) in [7, 11) is 0. The van der Waals surface area contributed by atoms with E-state index in [9.17, 15) is 18.0 Å². The average Bonchev–Trinajstić information content (AvgIpc) is 2.27. The van der Waals surface area contributed by atoms with E-state index in [1.54, 1.807) is 24.3 Å². The molecule has 6 heteroatoms. The Bertz CT molecular complexity index is 387. The van der Waals surface area contributed by atoms with E-state index in [4.69, 9.17) is 5.73 Å². The van der Waals surface area contributed by atoms with Crippen LogP contribution in [-0.4, -0.2) is 18.6 Å². The first-order chi connectivity index (χ1) is 8.38. The Hall–Kier alpha value is -1.56. The van der Waals surface area contributed by atoms with Crippen molar-refractivity contribution in [2.75, 3.05) is 6.54 Å². The summed E-state index contributed by atoms with van der Waals surface area (Å²) in [6, 6.07) is 6.62. The lowest BCUT2D eigenvalue weighted by Gasteiger charge is -2.07. The van der Waals surface area contributed by atoms with Crippen LogP contribution in [0.1, 0.15) is 28.8 Å². The Labute approximate surface area is 103 Å². The molecule has 1 amide bonds. The summed E-state index contributed by atoms with van der Waals surface area (Å²) >= 11 is 0. The minimum Gasteiger partial charge on any atom is -0.366 e. The Morgan fingerprint density at radius 1 is 1.22 bits per heavy atom. The van der Waals surface area contributed by atoms with E-state index in [2.05, 4.69) is 5.32 Å². The van der Waals surface area contributed by atoms with E-state index in [0.717, 1.165) is 5.56 Å². The number of amides is 1. The molecular weight excluding hydrogens is 245 g/mol. The van der Waals surface area contributed by atoms with Gasteiger partial charge in [0.1, 0.15) is 0 Å². The number of alkyl halides is 3. The van der Waals surface area contributed by atoms with Crippen LogP contribution in [0.15, 0.2) is 24.3 Å². The molecule has 0 aliphatic heterocycles. The first-order valence-electron chi connectivity index (χ1n) is 5.55. The van der Waals surface area contributed by atoms with E-state index >= 15 is 0 Å². The molecule has 1 aromatic carbocycles. The Morgan fingerprint density at radius 2 is 1.83 bits per heavy atom. The zero-order chi connectivity index (χ0) is 13.6. The number of hydrogen-bond acceptors (Lipinski definition) is 2. The van der Waals surface area contributed by atoms with Gasteiger partial charge in [0.25, 0.3) is 0 Å². The van der Waals surface area contributed by atoms with Gasteiger partial charge in [0, 0.05) is 18.5 Å². The van der Waals surface area contributed by atoms with Crippen molar-refractivity contribution in [3.05, 3.63) is 35.4 Å². The summed E-state index contributed by atoms with van der Waals surface area (Å²) in [6.45, 7) is 0.772. The summed E-state index contributed by atoms with van der Waals surface area (Å²) < 4.78 is 35.6. The Morgan fingerprint density at radius 3 is 2.33 bits per heavy atom. The fraction of sp³-hybridized carbons (Fsp3) is 0.417. The summed E-state index contributed by atoms with van der Waals surface area (Å²) in [6.07, 6.45) is -4.81. The zero-order valence-electron chi connectivity index (χ0n) is 9.76. The van der Waals surface area contributed by atoms with Crippen molar-refractivity contribution >= 4 is 5.91 Å². The molecule has 0 aliphatic carbocycles. The number of rotatable bonds is 6. The predicted molar refractivity (Wildman–Crippen MR) is 62.0 cm³/mol. The molecule has 0 unspecified atom stereocenters. The summed E-state index contributed by atoms with van der Waals surface area (Å²) in [5, 5.41) is 2.91. The van der Waals surface area contributed by atoms with Crippen LogP contribution in [0, 0.1) is 0 Å². The van der Waals surface area contributed by atoms with E-state index < -0.39 is 18.5 Å². The van der Waals surface area contributed by atoms with Crippen molar-refractivity contribution in [2.45, 2.75) is 25.6 Å². The highest BCUT2D eigenvalue weighted by molar-refractivity contribution is 5.92. The van der Waals surface area contributed by atoms with Gasteiger partial charge in [0.15, 0.2) is 0 Å². The fourth-order valence-corrected chi connectivity index (χ4v) is 1.43. The highest BCUT2D eigenvalue weighted by Crippen LogP contribution is 2.20. The van der Waals surface area contributed by atoms with Crippen LogP contribution < -0.4 is 11.1 Å². The van der Waals surface area contributed by atoms with Gasteiger partial charge >= 0.3 is 6.18 Å². The van der Waals surface area contributed by atoms with E-state index in [0.29, 0.717) is 18.7 Å². The molecule has 0 bridgehead atoms. The molecule has 3 N–H and O–H groups in total. The molecule has 18 heavy (non-hydrogen) atoms. The lowest BCUT2D eigenvalue weighted by molar-refractivity contribution is -0.135. The van der Waals surface area contributed by atoms with Crippen LogP contribution in [0.4, 0.5) is 13.2 Å². The Balaban J connectivity index is 2.25. The molecule has 0 radical (unpaired) electrons. The summed E-state index contributed by atoms with van der Waals surface area (Å²) in [4.78, 5) is 10.8. The van der Waals surface area contributed by atoms with Crippen molar-refractivity contribution in [2.24, 2.45) is 5.73 Å². The number of primary amides is 1. The first-order valence-corrected chi connectivity index (χ1v) is 5.55. The van der Waals surface area contributed by atoms with Crippen molar-refractivity contribution in [1.82, 2.24) is 5.32 Å². The Kier molecular flexibility index (Phi) is 5.15. The molecule has 100 valence electrons. The normalized spacial score (nSPS) is 11.5. The van der Waals surface area contributed by atoms with Gasteiger partial charge in [-0.2, -0.15) is 13.2 Å². The second kappa shape index (κ2) is 6.39. The van der Waals surface area contributed by atoms with Gasteiger partial charge in [-0.25, -0.2) is 0 Å². The molecule has 0 heterocycles. The minimum atomic E-state index is -4.09. The number of carbonyl (C=O) groups is 1. The molecule has 0 saturated carbocycles. The zero-order valence-corrected chi connectivity index (χ0v) is 9.76. The second-order valence-corrected chi connectivity index (χ2v) is 3.96. The van der Waals surface area contributed by atoms with Crippen LogP contribution in [0.3, 0.4) is 0 Å². The maximum atomic E-state index is 11.9. The van der Waals surface area contributed by atoms with Gasteiger partial charge in [-0.05, 0) is 30.7 Å². The van der Waals surface area contributed by atoms with Gasteiger partial charge in [0.2, 0.25) is 5.91 Å². The van der Waals surface area contributed by atoms with E-state index in [1.165, 1.54) is 0 Å². The van der Waals surface area contributed by atoms with Crippen LogP contribution in [-0.2, 0) is 6.54 Å². The molecule has 0 spiro atoms. The van der Waals surface area contributed by atoms with Gasteiger partial charge in [-0.15, -0.1) is 0 Å². The smallest absolute Gasteiger partial charge is 0.366 e. The lowest BCUT2D eigenvalue weighted by Crippen LogP contribution is -2.18. The molecular formula is C12H15F3N2O. The van der Waals surface area contributed by atoms with Crippen LogP contribution in [0.2, 0.25) is 0 Å². The van der Waals surface area contributed by atoms with Crippen molar-refractivity contribution < 1.29 is 18.0 Å². The minimum absolute atomic E-state index is 0.0584. The number of nitrogens with one attached hydrogen (secondary N) is 1. The summed E-state index contributed by atoms with van der Waals surface area (Å²) in [5.74, 6) is -0.500. The van der Waals surface area contributed by atoms with Gasteiger partial charge < -0.3 is 11.1 Å². The standard InChI is InChI=1S/C12H15F3N2O/c13-12(14,15)6-1-7-17-8-9-2-4-10(5-3-9)11(16)18/h2-5,17H,1,6-8H2,(H2,16,18). The molecule has 0 fully saturated rings. The van der Waals surface area contributed by atoms with Crippen LogP contribution in [0.5, 0.6) is 0 Å². The molecule has 0 aliphatic rings. The van der Waals surface area contributed by atoms with Crippen molar-refractivity contribution in [3.8, 4) is 0 Å². The third kappa shape index (κ3) is 5.67. The summed E-state index contributed by atoms with van der Waals surface area (Å²) in [5.41, 5.74) is 6.39. The number of halogens is 3. The molecule has 3 nitrogen and oxygen atoms in total. The average molecular weight is 260 g/mol. The third-order valence-corrected chi connectivity index (χ3v) is 2.38.